The molecule has 0 N–H and O–H groups in total. The molecule has 4 rings (SSSR count). The van der Waals surface area contributed by atoms with Crippen molar-refractivity contribution in [2.45, 2.75) is 13.8 Å². The lowest BCUT2D eigenvalue weighted by molar-refractivity contribution is 0.647. The third-order valence-corrected chi connectivity index (χ3v) is 5.00. The maximum Gasteiger partial charge on any atom is 0.163 e. The number of rotatable bonds is 2. The minimum Gasteiger partial charge on any atom is -0.368 e. The van der Waals surface area contributed by atoms with Gasteiger partial charge in [0.1, 0.15) is 12.1 Å². The van der Waals surface area contributed by atoms with E-state index < -0.39 is 0 Å². The normalized spacial score (nSPS) is 15.3. The van der Waals surface area contributed by atoms with Gasteiger partial charge in [0.2, 0.25) is 0 Å². The highest BCUT2D eigenvalue weighted by Gasteiger charge is 2.22. The molecule has 0 amide bonds. The molecule has 1 fully saturated rings. The minimum atomic E-state index is 0.886. The molecule has 0 bridgehead atoms. The maximum atomic E-state index is 4.52. The zero-order chi connectivity index (χ0) is 16.7. The van der Waals surface area contributed by atoms with Gasteiger partial charge in [0.15, 0.2) is 5.65 Å². The molecule has 1 aliphatic heterocycles. The summed E-state index contributed by atoms with van der Waals surface area (Å²) in [4.78, 5) is 13.7. The highest BCUT2D eigenvalue weighted by atomic mass is 15.3. The molecular formula is C18H22N6. The quantitative estimate of drug-likeness (QED) is 0.725. The summed E-state index contributed by atoms with van der Waals surface area (Å²) >= 11 is 0. The number of aromatic nitrogens is 4. The molecule has 1 aliphatic rings. The predicted molar refractivity (Wildman–Crippen MR) is 96.6 cm³/mol. The molecule has 0 radical (unpaired) electrons. The van der Waals surface area contributed by atoms with Gasteiger partial charge in [0.05, 0.1) is 11.6 Å². The van der Waals surface area contributed by atoms with Crippen molar-refractivity contribution < 1.29 is 0 Å². The summed E-state index contributed by atoms with van der Waals surface area (Å²) in [6, 6.07) is 6.55. The van der Waals surface area contributed by atoms with Gasteiger partial charge in [-0.2, -0.15) is 5.10 Å². The van der Waals surface area contributed by atoms with Crippen LogP contribution in [0.2, 0.25) is 0 Å². The summed E-state index contributed by atoms with van der Waals surface area (Å²) in [6.45, 7) is 8.28. The summed E-state index contributed by atoms with van der Waals surface area (Å²) < 4.78 is 1.80. The first kappa shape index (κ1) is 14.9. The first-order valence-corrected chi connectivity index (χ1v) is 8.34. The fraction of sp³-hybridized carbons (Fsp3) is 0.389. The van der Waals surface area contributed by atoms with Gasteiger partial charge in [-0.25, -0.2) is 9.97 Å². The van der Waals surface area contributed by atoms with Crippen molar-refractivity contribution in [1.82, 2.24) is 19.7 Å². The second-order valence-corrected chi connectivity index (χ2v) is 6.40. The van der Waals surface area contributed by atoms with Crippen LogP contribution in [0, 0.1) is 13.8 Å². The number of benzene rings is 1. The van der Waals surface area contributed by atoms with Crippen molar-refractivity contribution in [3.05, 3.63) is 41.9 Å². The van der Waals surface area contributed by atoms with Crippen molar-refractivity contribution in [3.63, 3.8) is 0 Å². The van der Waals surface area contributed by atoms with Crippen LogP contribution in [0.4, 0.5) is 11.5 Å². The van der Waals surface area contributed by atoms with Crippen LogP contribution >= 0.6 is 0 Å². The second kappa shape index (κ2) is 5.78. The molecule has 3 heterocycles. The molecular weight excluding hydrogens is 300 g/mol. The molecule has 3 aromatic rings. The Morgan fingerprint density at radius 2 is 1.71 bits per heavy atom. The zero-order valence-corrected chi connectivity index (χ0v) is 14.4. The molecule has 0 unspecified atom stereocenters. The Morgan fingerprint density at radius 1 is 0.958 bits per heavy atom. The van der Waals surface area contributed by atoms with Crippen LogP contribution in [0.1, 0.15) is 11.1 Å². The Hall–Kier alpha value is -2.63. The van der Waals surface area contributed by atoms with E-state index in [0.717, 1.165) is 43.0 Å². The third kappa shape index (κ3) is 2.38. The average Bonchev–Trinajstić information content (AvgIpc) is 2.99. The lowest BCUT2D eigenvalue weighted by Gasteiger charge is -2.37. The van der Waals surface area contributed by atoms with Crippen LogP contribution in [0.5, 0.6) is 0 Å². The third-order valence-electron chi connectivity index (χ3n) is 5.00. The Labute approximate surface area is 141 Å². The van der Waals surface area contributed by atoms with Crippen LogP contribution < -0.4 is 9.80 Å². The first-order chi connectivity index (χ1) is 11.6. The molecule has 0 spiro atoms. The molecule has 0 aliphatic carbocycles. The number of anilines is 2. The lowest BCUT2D eigenvalue weighted by Crippen LogP contribution is -2.47. The van der Waals surface area contributed by atoms with Gasteiger partial charge < -0.3 is 9.80 Å². The fourth-order valence-electron chi connectivity index (χ4n) is 3.44. The van der Waals surface area contributed by atoms with Crippen LogP contribution in [-0.2, 0) is 7.05 Å². The number of piperazine rings is 1. The van der Waals surface area contributed by atoms with Crippen molar-refractivity contribution in [3.8, 4) is 0 Å². The van der Waals surface area contributed by atoms with Crippen molar-refractivity contribution in [1.29, 1.82) is 0 Å². The van der Waals surface area contributed by atoms with E-state index >= 15 is 0 Å². The van der Waals surface area contributed by atoms with E-state index in [-0.39, 0.29) is 0 Å². The summed E-state index contributed by atoms with van der Waals surface area (Å²) in [6.07, 6.45) is 3.50. The number of fused-ring (bicyclic) bond motifs is 1. The van der Waals surface area contributed by atoms with E-state index in [1.165, 1.54) is 16.8 Å². The molecule has 6 heteroatoms. The smallest absolute Gasteiger partial charge is 0.163 e. The monoisotopic (exact) mass is 322 g/mol. The van der Waals surface area contributed by atoms with Gasteiger partial charge in [-0.05, 0) is 31.0 Å². The molecule has 124 valence electrons. The second-order valence-electron chi connectivity index (χ2n) is 6.40. The van der Waals surface area contributed by atoms with Crippen molar-refractivity contribution in [2.75, 3.05) is 36.0 Å². The Balaban J connectivity index is 1.56. The number of hydrogen-bond donors (Lipinski definition) is 0. The SMILES string of the molecule is Cc1cccc(N2CCN(c3ncnc4c3cnn4C)CC2)c1C. The van der Waals surface area contributed by atoms with Gasteiger partial charge in [-0.15, -0.1) is 0 Å². The van der Waals surface area contributed by atoms with Gasteiger partial charge in [-0.1, -0.05) is 12.1 Å². The topological polar surface area (TPSA) is 50.1 Å². The molecule has 0 saturated carbocycles. The van der Waals surface area contributed by atoms with Crippen LogP contribution in [0.15, 0.2) is 30.7 Å². The number of hydrogen-bond acceptors (Lipinski definition) is 5. The van der Waals surface area contributed by atoms with E-state index in [9.17, 15) is 0 Å². The lowest BCUT2D eigenvalue weighted by atomic mass is 10.1. The van der Waals surface area contributed by atoms with Crippen molar-refractivity contribution >= 4 is 22.5 Å². The highest BCUT2D eigenvalue weighted by molar-refractivity contribution is 5.86. The van der Waals surface area contributed by atoms with Gasteiger partial charge in [0, 0.05) is 38.9 Å². The molecule has 1 saturated heterocycles. The van der Waals surface area contributed by atoms with Gasteiger partial charge in [-0.3, -0.25) is 4.68 Å². The summed E-state index contributed by atoms with van der Waals surface area (Å²) in [5.41, 5.74) is 4.96. The van der Waals surface area contributed by atoms with E-state index in [2.05, 4.69) is 56.9 Å². The Morgan fingerprint density at radius 3 is 2.50 bits per heavy atom. The molecule has 6 nitrogen and oxygen atoms in total. The first-order valence-electron chi connectivity index (χ1n) is 8.34. The summed E-state index contributed by atoms with van der Waals surface area (Å²) in [5, 5.41) is 5.34. The van der Waals surface area contributed by atoms with Gasteiger partial charge in [0.25, 0.3) is 0 Å². The standard InChI is InChI=1S/C18H22N6/c1-13-5-4-6-16(14(13)2)23-7-9-24(10-8-23)18-15-11-21-22(3)17(15)19-12-20-18/h4-6,11-12H,7-10H2,1-3H3. The van der Waals surface area contributed by atoms with Crippen LogP contribution in [0.3, 0.4) is 0 Å². The maximum absolute atomic E-state index is 4.52. The zero-order valence-electron chi connectivity index (χ0n) is 14.4. The van der Waals surface area contributed by atoms with Crippen LogP contribution in [-0.4, -0.2) is 45.9 Å². The molecule has 2 aromatic heterocycles. The van der Waals surface area contributed by atoms with E-state index in [4.69, 9.17) is 0 Å². The highest BCUT2D eigenvalue weighted by Crippen LogP contribution is 2.27. The largest absolute Gasteiger partial charge is 0.368 e. The summed E-state index contributed by atoms with van der Waals surface area (Å²) in [5.74, 6) is 0.994. The fourth-order valence-corrected chi connectivity index (χ4v) is 3.44. The minimum absolute atomic E-state index is 0.886. The molecule has 0 atom stereocenters. The van der Waals surface area contributed by atoms with E-state index in [0.29, 0.717) is 0 Å². The van der Waals surface area contributed by atoms with Crippen LogP contribution in [0.25, 0.3) is 11.0 Å². The van der Waals surface area contributed by atoms with Gasteiger partial charge >= 0.3 is 0 Å². The predicted octanol–water partition coefficient (Wildman–Crippen LogP) is 2.31. The van der Waals surface area contributed by atoms with Crippen molar-refractivity contribution in [2.24, 2.45) is 7.05 Å². The number of aryl methyl sites for hydroxylation is 2. The Kier molecular flexibility index (Phi) is 3.59. The average molecular weight is 322 g/mol. The summed E-state index contributed by atoms with van der Waals surface area (Å²) in [7, 11) is 1.91. The van der Waals surface area contributed by atoms with E-state index in [1.54, 1.807) is 11.0 Å². The Bertz CT molecular complexity index is 876. The van der Waals surface area contributed by atoms with E-state index in [1.807, 2.05) is 13.2 Å². The molecule has 24 heavy (non-hydrogen) atoms. The molecule has 1 aromatic carbocycles. The number of nitrogens with zero attached hydrogens (tertiary/aromatic N) is 6.